The molecule has 5 N–H and O–H groups in total. The summed E-state index contributed by atoms with van der Waals surface area (Å²) in [5.74, 6) is 0.251. The van der Waals surface area contributed by atoms with Gasteiger partial charge in [-0.15, -0.1) is 0 Å². The molecule has 9 nitrogen and oxygen atoms in total. The van der Waals surface area contributed by atoms with E-state index in [4.69, 9.17) is 24.4 Å². The average Bonchev–Trinajstić information content (AvgIpc) is 2.92. The molecular formula is C11H19NO8. The molecule has 20 heavy (non-hydrogen) atoms. The fourth-order valence-corrected chi connectivity index (χ4v) is 2.00. The molecule has 0 spiro atoms. The van der Waals surface area contributed by atoms with Crippen LogP contribution in [0.5, 0.6) is 0 Å². The van der Waals surface area contributed by atoms with Gasteiger partial charge in [-0.3, -0.25) is 0 Å². The molecule has 1 fully saturated rings. The Hall–Kier alpha value is -0.810. The van der Waals surface area contributed by atoms with Crippen molar-refractivity contribution in [1.29, 1.82) is 0 Å². The van der Waals surface area contributed by atoms with E-state index in [2.05, 4.69) is 4.99 Å². The highest BCUT2D eigenvalue weighted by Gasteiger charge is 2.44. The summed E-state index contributed by atoms with van der Waals surface area (Å²) in [7, 11) is 0. The fourth-order valence-electron chi connectivity index (χ4n) is 2.00. The normalized spacial score (nSPS) is 41.4. The maximum absolute atomic E-state index is 9.73. The van der Waals surface area contributed by atoms with Crippen LogP contribution >= 0.6 is 0 Å². The van der Waals surface area contributed by atoms with Crippen molar-refractivity contribution in [3.63, 3.8) is 0 Å². The third-order valence-corrected chi connectivity index (χ3v) is 3.20. The van der Waals surface area contributed by atoms with Crippen molar-refractivity contribution in [1.82, 2.24) is 0 Å². The molecule has 0 aromatic heterocycles. The van der Waals surface area contributed by atoms with Gasteiger partial charge in [0, 0.05) is 0 Å². The molecule has 9 heteroatoms. The molecule has 2 aliphatic heterocycles. The number of aliphatic hydroxyl groups is 5. The van der Waals surface area contributed by atoms with Crippen LogP contribution in [0, 0.1) is 0 Å². The second-order valence-corrected chi connectivity index (χ2v) is 4.68. The van der Waals surface area contributed by atoms with Crippen LogP contribution in [-0.4, -0.2) is 94.6 Å². The Morgan fingerprint density at radius 2 is 1.85 bits per heavy atom. The zero-order valence-electron chi connectivity index (χ0n) is 10.7. The molecule has 2 heterocycles. The van der Waals surface area contributed by atoms with E-state index in [0.29, 0.717) is 0 Å². The molecule has 2 aliphatic rings. The van der Waals surface area contributed by atoms with Crippen LogP contribution in [0.4, 0.5) is 0 Å². The maximum Gasteiger partial charge on any atom is 0.210 e. The van der Waals surface area contributed by atoms with Gasteiger partial charge in [0.1, 0.15) is 43.7 Å². The van der Waals surface area contributed by atoms with Crippen LogP contribution in [0.25, 0.3) is 0 Å². The minimum atomic E-state index is -1.48. The molecule has 0 radical (unpaired) electrons. The van der Waals surface area contributed by atoms with Crippen LogP contribution in [-0.2, 0) is 14.2 Å². The molecule has 116 valence electrons. The molecule has 0 aliphatic carbocycles. The second-order valence-electron chi connectivity index (χ2n) is 4.68. The van der Waals surface area contributed by atoms with Gasteiger partial charge in [-0.25, -0.2) is 4.99 Å². The van der Waals surface area contributed by atoms with Gasteiger partial charge in [-0.2, -0.15) is 0 Å². The van der Waals surface area contributed by atoms with Gasteiger partial charge >= 0.3 is 0 Å². The number of aliphatic hydroxyl groups excluding tert-OH is 5. The minimum Gasteiger partial charge on any atom is -0.477 e. The number of aliphatic imine (C=N–C) groups is 1. The summed E-state index contributed by atoms with van der Waals surface area (Å²) in [5, 5.41) is 46.8. The van der Waals surface area contributed by atoms with Crippen molar-refractivity contribution in [2.24, 2.45) is 4.99 Å². The van der Waals surface area contributed by atoms with Crippen LogP contribution in [0.15, 0.2) is 4.99 Å². The van der Waals surface area contributed by atoms with E-state index in [-0.39, 0.29) is 31.8 Å². The average molecular weight is 293 g/mol. The van der Waals surface area contributed by atoms with Gasteiger partial charge in [0.15, 0.2) is 6.29 Å². The largest absolute Gasteiger partial charge is 0.477 e. The molecule has 1 saturated heterocycles. The molecule has 0 aromatic carbocycles. The first-order valence-corrected chi connectivity index (χ1v) is 6.29. The highest BCUT2D eigenvalue weighted by molar-refractivity contribution is 5.78. The molecule has 2 rings (SSSR count). The van der Waals surface area contributed by atoms with E-state index < -0.39 is 37.3 Å². The summed E-state index contributed by atoms with van der Waals surface area (Å²) >= 11 is 0. The first-order valence-electron chi connectivity index (χ1n) is 6.29. The van der Waals surface area contributed by atoms with Crippen LogP contribution in [0.3, 0.4) is 0 Å². The zero-order valence-corrected chi connectivity index (χ0v) is 10.7. The Balaban J connectivity index is 1.88. The highest BCUT2D eigenvalue weighted by Crippen LogP contribution is 2.22. The zero-order chi connectivity index (χ0) is 14.7. The van der Waals surface area contributed by atoms with Crippen LogP contribution in [0.2, 0.25) is 0 Å². The number of hydrogen-bond donors (Lipinski definition) is 5. The van der Waals surface area contributed by atoms with Crippen molar-refractivity contribution in [3.8, 4) is 0 Å². The Morgan fingerprint density at radius 1 is 1.10 bits per heavy atom. The van der Waals surface area contributed by atoms with Crippen molar-refractivity contribution in [2.75, 3.05) is 26.4 Å². The topological polar surface area (TPSA) is 141 Å². The van der Waals surface area contributed by atoms with Gasteiger partial charge in [0.05, 0.1) is 13.2 Å². The maximum atomic E-state index is 9.73. The summed E-state index contributed by atoms with van der Waals surface area (Å²) in [4.78, 5) is 4.01. The van der Waals surface area contributed by atoms with E-state index in [0.717, 1.165) is 0 Å². The van der Waals surface area contributed by atoms with E-state index in [9.17, 15) is 15.3 Å². The van der Waals surface area contributed by atoms with Gasteiger partial charge < -0.3 is 39.7 Å². The molecule has 0 aromatic rings. The van der Waals surface area contributed by atoms with Crippen molar-refractivity contribution < 1.29 is 39.7 Å². The lowest BCUT2D eigenvalue weighted by atomic mass is 9.99. The predicted molar refractivity (Wildman–Crippen MR) is 64.0 cm³/mol. The summed E-state index contributed by atoms with van der Waals surface area (Å²) < 4.78 is 15.5. The third kappa shape index (κ3) is 3.26. The Morgan fingerprint density at radius 3 is 2.45 bits per heavy atom. The van der Waals surface area contributed by atoms with Gasteiger partial charge in [0.2, 0.25) is 5.90 Å². The quantitative estimate of drug-likeness (QED) is 0.353. The molecule has 0 amide bonds. The number of nitrogens with zero attached hydrogens (tertiary/aromatic N) is 1. The van der Waals surface area contributed by atoms with Gasteiger partial charge in [0.25, 0.3) is 0 Å². The summed E-state index contributed by atoms with van der Waals surface area (Å²) in [6, 6.07) is -0.330. The van der Waals surface area contributed by atoms with E-state index in [1.165, 1.54) is 0 Å². The van der Waals surface area contributed by atoms with Crippen LogP contribution < -0.4 is 0 Å². The lowest BCUT2D eigenvalue weighted by Gasteiger charge is -2.39. The Kier molecular flexibility index (Phi) is 5.27. The monoisotopic (exact) mass is 293 g/mol. The summed E-state index contributed by atoms with van der Waals surface area (Å²) in [6.07, 6.45) is -6.60. The van der Waals surface area contributed by atoms with Gasteiger partial charge in [-0.1, -0.05) is 0 Å². The fraction of sp³-hybridized carbons (Fsp3) is 0.909. The van der Waals surface area contributed by atoms with Gasteiger partial charge in [-0.05, 0) is 0 Å². The summed E-state index contributed by atoms with van der Waals surface area (Å²) in [5.41, 5.74) is 0. The molecule has 0 saturated carbocycles. The number of hydrogen-bond acceptors (Lipinski definition) is 9. The van der Waals surface area contributed by atoms with E-state index in [1.54, 1.807) is 0 Å². The molecule has 6 atom stereocenters. The smallest absolute Gasteiger partial charge is 0.210 e. The lowest BCUT2D eigenvalue weighted by molar-refractivity contribution is -0.297. The first kappa shape index (κ1) is 15.6. The van der Waals surface area contributed by atoms with E-state index >= 15 is 0 Å². The molecular weight excluding hydrogens is 274 g/mol. The molecule has 0 bridgehead atoms. The predicted octanol–water partition coefficient (Wildman–Crippen LogP) is -3.41. The van der Waals surface area contributed by atoms with Crippen LogP contribution in [0.1, 0.15) is 0 Å². The summed E-state index contributed by atoms with van der Waals surface area (Å²) in [6.45, 7) is -0.512. The number of rotatable bonds is 5. The number of ether oxygens (including phenoxy) is 3. The van der Waals surface area contributed by atoms with Crippen molar-refractivity contribution in [2.45, 2.75) is 36.7 Å². The standard InChI is InChI=1S/C11H19NO8/c13-1-5-3-18-7(12-5)4-19-11-10(17)9(16)8(15)6(2-14)20-11/h5-6,8-11,13-17H,1-4H2/t5-,6+,8+,9-,10+,11+/m0/s1. The highest BCUT2D eigenvalue weighted by atomic mass is 16.7. The SMILES string of the molecule is OC[C@H]1COC(CO[C@@H]2O[C@H](CO)[C@@H](O)[C@H](O)[C@H]2O)=N1. The third-order valence-electron chi connectivity index (χ3n) is 3.20. The first-order chi connectivity index (χ1) is 9.56. The van der Waals surface area contributed by atoms with E-state index in [1.807, 2.05) is 0 Å². The lowest BCUT2D eigenvalue weighted by Crippen LogP contribution is -2.59. The molecule has 0 unspecified atom stereocenters. The van der Waals surface area contributed by atoms with Crippen molar-refractivity contribution in [3.05, 3.63) is 0 Å². The minimum absolute atomic E-state index is 0.112. The Labute approximate surface area is 115 Å². The van der Waals surface area contributed by atoms with Crippen molar-refractivity contribution >= 4 is 5.90 Å². The second kappa shape index (κ2) is 6.76. The Bertz CT molecular complexity index is 349.